The Balaban J connectivity index is 2.30. The van der Waals surface area contributed by atoms with Crippen LogP contribution in [-0.2, 0) is 119 Å². The molecule has 25 nitrogen and oxygen atoms in total. The number of unbranched alkanes of at least 4 members (excludes halogenated alkanes) is 1. The lowest BCUT2D eigenvalue weighted by Gasteiger charge is -2.50. The second kappa shape index (κ2) is 26.7. The van der Waals surface area contributed by atoms with Crippen LogP contribution in [0.3, 0.4) is 0 Å². The van der Waals surface area contributed by atoms with Crippen LogP contribution in [0.5, 0.6) is 0 Å². The molecule has 15 atom stereocenters. The number of hydrogen-bond donors (Lipinski definition) is 0. The van der Waals surface area contributed by atoms with E-state index in [2.05, 4.69) is 6.58 Å². The van der Waals surface area contributed by atoms with E-state index in [4.69, 9.17) is 71.1 Å². The molecule has 0 bridgehead atoms. The zero-order valence-corrected chi connectivity index (χ0v) is 39.4. The van der Waals surface area contributed by atoms with E-state index in [-0.39, 0.29) is 6.42 Å². The van der Waals surface area contributed by atoms with Gasteiger partial charge in [-0.1, -0.05) is 6.08 Å². The van der Waals surface area contributed by atoms with Crippen molar-refractivity contribution in [2.24, 2.45) is 0 Å². The average molecular weight is 977 g/mol. The molecule has 0 unspecified atom stereocenters. The van der Waals surface area contributed by atoms with Crippen molar-refractivity contribution < 1.29 is 119 Å². The molecule has 0 aromatic rings. The summed E-state index contributed by atoms with van der Waals surface area (Å²) in [4.78, 5) is 125. The monoisotopic (exact) mass is 976 g/mol. The largest absolute Gasteiger partial charge is 0.463 e. The van der Waals surface area contributed by atoms with Crippen LogP contribution in [0.25, 0.3) is 0 Å². The van der Waals surface area contributed by atoms with Gasteiger partial charge in [-0.2, -0.15) is 0 Å². The molecule has 3 fully saturated rings. The Morgan fingerprint density at radius 2 is 0.647 bits per heavy atom. The minimum absolute atomic E-state index is 0.207. The molecule has 0 N–H and O–H groups in total. The molecule has 3 aliphatic rings. The Kier molecular flexibility index (Phi) is 22.2. The third-order valence-corrected chi connectivity index (χ3v) is 9.86. The number of esters is 10. The predicted molar refractivity (Wildman–Crippen MR) is 219 cm³/mol. The van der Waals surface area contributed by atoms with E-state index in [1.807, 2.05) is 0 Å². The molecule has 0 radical (unpaired) electrons. The van der Waals surface area contributed by atoms with E-state index in [0.29, 0.717) is 12.8 Å². The van der Waals surface area contributed by atoms with Crippen molar-refractivity contribution >= 4 is 59.7 Å². The molecule has 0 aliphatic carbocycles. The first-order valence-corrected chi connectivity index (χ1v) is 21.4. The van der Waals surface area contributed by atoms with E-state index >= 15 is 0 Å². The van der Waals surface area contributed by atoms with Crippen LogP contribution in [0.15, 0.2) is 12.7 Å². The van der Waals surface area contributed by atoms with Gasteiger partial charge in [0, 0.05) is 69.2 Å². The van der Waals surface area contributed by atoms with E-state index < -0.39 is 171 Å². The van der Waals surface area contributed by atoms with Crippen LogP contribution in [0.4, 0.5) is 0 Å². The molecule has 0 amide bonds. The number of ether oxygens (including phenoxy) is 15. The zero-order valence-electron chi connectivity index (χ0n) is 39.4. The third-order valence-electron chi connectivity index (χ3n) is 9.86. The van der Waals surface area contributed by atoms with Gasteiger partial charge in [-0.15, -0.1) is 6.58 Å². The number of carbonyl (C=O) groups is 10. The Morgan fingerprint density at radius 3 is 0.985 bits per heavy atom. The van der Waals surface area contributed by atoms with Gasteiger partial charge in [0.25, 0.3) is 0 Å². The Bertz CT molecular complexity index is 1830. The van der Waals surface area contributed by atoms with Gasteiger partial charge in [0.15, 0.2) is 55.3 Å². The van der Waals surface area contributed by atoms with Gasteiger partial charge in [-0.25, -0.2) is 0 Å². The van der Waals surface area contributed by atoms with Crippen molar-refractivity contribution in [1.82, 2.24) is 0 Å². The van der Waals surface area contributed by atoms with Gasteiger partial charge in [-0.3, -0.25) is 47.9 Å². The van der Waals surface area contributed by atoms with E-state index in [1.165, 1.54) is 0 Å². The first-order chi connectivity index (χ1) is 31.9. The maximum Gasteiger partial charge on any atom is 0.303 e. The second-order valence-electron chi connectivity index (χ2n) is 15.6. The van der Waals surface area contributed by atoms with Crippen molar-refractivity contribution in [3.05, 3.63) is 12.7 Å². The molecule has 382 valence electrons. The van der Waals surface area contributed by atoms with Gasteiger partial charge in [0.05, 0.1) is 6.10 Å². The fraction of sp³-hybridized carbons (Fsp3) is 0.721. The standard InChI is InChI=1S/C43H60O25/c1-12-13-14-15-29-33(57-22(5)47)37(59-24(7)49)35(30(64-29)16-54-19(2)44)67-43-41(63-28(11)53)39(61-26(9)51)36(32(66-43)18-56-21(4)46)68-42-40(62-27(10)52)38(60-25(8)50)34(58-23(6)48)31(65-42)17-55-20(3)45/h12,29-43H,1,13-18H2,2-11H3/t29-,30+,31+,32+,33-,34+,35+,36+,37+,38-,39-,40+,41+,42-,43-/m0/s1. The predicted octanol–water partition coefficient (Wildman–Crippen LogP) is 0.542. The fourth-order valence-electron chi connectivity index (χ4n) is 7.58. The smallest absolute Gasteiger partial charge is 0.303 e. The number of hydrogen-bond acceptors (Lipinski definition) is 25. The summed E-state index contributed by atoms with van der Waals surface area (Å²) in [5.74, 6) is -9.09. The summed E-state index contributed by atoms with van der Waals surface area (Å²) in [6.07, 6.45) is -22.1. The minimum atomic E-state index is -1.96. The van der Waals surface area contributed by atoms with Gasteiger partial charge in [0.2, 0.25) is 0 Å². The molecule has 3 rings (SSSR count). The van der Waals surface area contributed by atoms with Crippen molar-refractivity contribution in [1.29, 1.82) is 0 Å². The van der Waals surface area contributed by atoms with Gasteiger partial charge in [0.1, 0.15) is 50.3 Å². The highest BCUT2D eigenvalue weighted by Crippen LogP contribution is 2.38. The molecule has 68 heavy (non-hydrogen) atoms. The van der Waals surface area contributed by atoms with Crippen LogP contribution >= 0.6 is 0 Å². The molecule has 25 heteroatoms. The van der Waals surface area contributed by atoms with Gasteiger partial charge < -0.3 is 71.1 Å². The lowest BCUT2D eigenvalue weighted by Crippen LogP contribution is -2.68. The molecular formula is C43H60O25. The highest BCUT2D eigenvalue weighted by molar-refractivity contribution is 5.70. The Morgan fingerprint density at radius 1 is 0.368 bits per heavy atom. The average Bonchev–Trinajstić information content (AvgIpc) is 3.20. The van der Waals surface area contributed by atoms with E-state index in [0.717, 1.165) is 69.2 Å². The lowest BCUT2D eigenvalue weighted by atomic mass is 9.91. The maximum absolute atomic E-state index is 13.0. The zero-order chi connectivity index (χ0) is 51.0. The summed E-state index contributed by atoms with van der Waals surface area (Å²) in [5, 5.41) is 0. The molecule has 0 aromatic carbocycles. The summed E-state index contributed by atoms with van der Waals surface area (Å²) in [6.45, 7) is 12.0. The molecule has 0 saturated carbocycles. The van der Waals surface area contributed by atoms with Crippen LogP contribution in [0.1, 0.15) is 88.5 Å². The first kappa shape index (κ1) is 56.6. The summed E-state index contributed by atoms with van der Waals surface area (Å²) in [7, 11) is 0. The van der Waals surface area contributed by atoms with Crippen LogP contribution in [-0.4, -0.2) is 171 Å². The second-order valence-corrected chi connectivity index (χ2v) is 15.6. The molecule has 3 aliphatic heterocycles. The highest BCUT2D eigenvalue weighted by Gasteiger charge is 2.60. The fourth-order valence-corrected chi connectivity index (χ4v) is 7.58. The van der Waals surface area contributed by atoms with Crippen molar-refractivity contribution in [3.63, 3.8) is 0 Å². The summed E-state index contributed by atoms with van der Waals surface area (Å²) >= 11 is 0. The van der Waals surface area contributed by atoms with E-state index in [1.54, 1.807) is 6.08 Å². The maximum atomic E-state index is 13.0. The topological polar surface area (TPSA) is 309 Å². The summed E-state index contributed by atoms with van der Waals surface area (Å²) in [5.41, 5.74) is 0. The number of allylic oxidation sites excluding steroid dienone is 1. The normalized spacial score (nSPS) is 31.0. The first-order valence-electron chi connectivity index (χ1n) is 21.4. The minimum Gasteiger partial charge on any atom is -0.463 e. The highest BCUT2D eigenvalue weighted by atomic mass is 16.8. The number of rotatable bonds is 21. The van der Waals surface area contributed by atoms with Gasteiger partial charge in [-0.05, 0) is 19.3 Å². The summed E-state index contributed by atoms with van der Waals surface area (Å²) in [6, 6.07) is 0. The quantitative estimate of drug-likeness (QED) is 0.0656. The van der Waals surface area contributed by atoms with Crippen LogP contribution < -0.4 is 0 Å². The van der Waals surface area contributed by atoms with Crippen molar-refractivity contribution in [3.8, 4) is 0 Å². The molecule has 0 spiro atoms. The molecular weight excluding hydrogens is 916 g/mol. The molecule has 3 saturated heterocycles. The summed E-state index contributed by atoms with van der Waals surface area (Å²) < 4.78 is 86.9. The van der Waals surface area contributed by atoms with Crippen LogP contribution in [0, 0.1) is 0 Å². The van der Waals surface area contributed by atoms with Gasteiger partial charge >= 0.3 is 59.7 Å². The molecule has 3 heterocycles. The van der Waals surface area contributed by atoms with Crippen molar-refractivity contribution in [2.45, 2.75) is 180 Å². The molecule has 0 aromatic heterocycles. The van der Waals surface area contributed by atoms with Crippen molar-refractivity contribution in [2.75, 3.05) is 19.8 Å². The van der Waals surface area contributed by atoms with E-state index in [9.17, 15) is 47.9 Å². The third kappa shape index (κ3) is 17.4. The SMILES string of the molecule is C=CCCC[C@@H]1O[C@H](COC(C)=O)[C@@H](O[C@@H]2O[C@H](COC(C)=O)[C@@H](O[C@@H]3O[C@H](COC(C)=O)[C@@H](OC(C)=O)[C@H](OC(C)=O)[C@H]3OC(C)=O)[C@H](OC(C)=O)[C@H]2OC(C)=O)[C@H](OC(C)=O)[C@H]1OC(C)=O. The lowest BCUT2D eigenvalue weighted by molar-refractivity contribution is -0.374. The van der Waals surface area contributed by atoms with Crippen LogP contribution in [0.2, 0.25) is 0 Å². The number of carbonyl (C=O) groups excluding carboxylic acids is 10. The Hall–Kier alpha value is -5.76. The Labute approximate surface area is 391 Å².